The molecule has 8 heteroatoms. The van der Waals surface area contributed by atoms with E-state index in [1.807, 2.05) is 0 Å². The first kappa shape index (κ1) is 12.6. The van der Waals surface area contributed by atoms with Crippen molar-refractivity contribution in [3.8, 4) is 0 Å². The second-order valence-corrected chi connectivity index (χ2v) is 5.63. The van der Waals surface area contributed by atoms with Gasteiger partial charge in [0.1, 0.15) is 11.6 Å². The summed E-state index contributed by atoms with van der Waals surface area (Å²) in [7, 11) is -4.12. The van der Waals surface area contributed by atoms with Gasteiger partial charge in [0.25, 0.3) is 10.0 Å². The van der Waals surface area contributed by atoms with Crippen LogP contribution in [0.4, 0.5) is 4.79 Å². The molecule has 0 spiro atoms. The van der Waals surface area contributed by atoms with Crippen LogP contribution in [0.2, 0.25) is 0 Å². The number of hydrogen-bond donors (Lipinski definition) is 0. The second kappa shape index (κ2) is 4.45. The van der Waals surface area contributed by atoms with Crippen molar-refractivity contribution in [2.45, 2.75) is 4.90 Å². The zero-order chi connectivity index (χ0) is 13.3. The predicted octanol–water partition coefficient (Wildman–Crippen LogP) is 0.982. The molecule has 0 N–H and O–H groups in total. The number of nitrogens with zero attached hydrogens (tertiary/aromatic N) is 2. The number of halogens is 1. The summed E-state index contributed by atoms with van der Waals surface area (Å²) in [5, 5.41) is 0. The van der Waals surface area contributed by atoms with Gasteiger partial charge in [-0.1, -0.05) is 18.2 Å². The van der Waals surface area contributed by atoms with Crippen LogP contribution in [-0.4, -0.2) is 35.7 Å². The third-order valence-electron chi connectivity index (χ3n) is 2.31. The monoisotopic (exact) mass is 286 g/mol. The van der Waals surface area contributed by atoms with Gasteiger partial charge in [0.05, 0.1) is 11.4 Å². The van der Waals surface area contributed by atoms with Crippen molar-refractivity contribution in [1.29, 1.82) is 0 Å². The van der Waals surface area contributed by atoms with E-state index < -0.39 is 16.1 Å². The van der Waals surface area contributed by atoms with Crippen LogP contribution in [0.5, 0.6) is 0 Å². The molecule has 0 atom stereocenters. The Hall–Kier alpha value is -1.82. The summed E-state index contributed by atoms with van der Waals surface area (Å²) in [4.78, 5) is 22.2. The fourth-order valence-electron chi connectivity index (χ4n) is 1.50. The third kappa shape index (κ3) is 1.88. The van der Waals surface area contributed by atoms with Gasteiger partial charge in [-0.2, -0.15) is 4.31 Å². The van der Waals surface area contributed by atoms with E-state index in [0.29, 0.717) is 8.72 Å². The Labute approximate surface area is 108 Å². The zero-order valence-electron chi connectivity index (χ0n) is 8.91. The van der Waals surface area contributed by atoms with Crippen LogP contribution in [0.1, 0.15) is 0 Å². The van der Waals surface area contributed by atoms with Gasteiger partial charge >= 0.3 is 6.03 Å². The van der Waals surface area contributed by atoms with E-state index in [4.69, 9.17) is 11.8 Å². The van der Waals surface area contributed by atoms with Crippen molar-refractivity contribution in [2.75, 3.05) is 6.54 Å². The lowest BCUT2D eigenvalue weighted by atomic mass is 10.4. The molecule has 1 heterocycles. The van der Waals surface area contributed by atoms with Crippen LogP contribution in [0.15, 0.2) is 40.9 Å². The van der Waals surface area contributed by atoms with Crippen LogP contribution >= 0.6 is 11.8 Å². The summed E-state index contributed by atoms with van der Waals surface area (Å²) in [6.07, 6.45) is 0. The average Bonchev–Trinajstić information content (AvgIpc) is 2.67. The van der Waals surface area contributed by atoms with Crippen LogP contribution < -0.4 is 0 Å². The van der Waals surface area contributed by atoms with Crippen molar-refractivity contribution >= 4 is 33.8 Å². The highest BCUT2D eigenvalue weighted by atomic mass is 35.5. The summed E-state index contributed by atoms with van der Waals surface area (Å²) in [5.74, 6) is 1.42. The fraction of sp³-hybridized carbons (Fsp3) is 0.100. The molecule has 1 aromatic carbocycles. The standard InChI is InChI=1S/C10H7ClN2O4S/c11-12-6-8(7-14)13(10(12)15)18(16,17)9-4-2-1-3-5-9/h1-5H,6H2. The van der Waals surface area contributed by atoms with Crippen molar-refractivity contribution in [1.82, 2.24) is 8.72 Å². The van der Waals surface area contributed by atoms with E-state index in [0.717, 1.165) is 0 Å². The highest BCUT2D eigenvalue weighted by Gasteiger charge is 2.42. The van der Waals surface area contributed by atoms with Gasteiger partial charge in [-0.3, -0.25) is 0 Å². The predicted molar refractivity (Wildman–Crippen MR) is 62.6 cm³/mol. The molecule has 1 aromatic rings. The number of carbonyl (C=O) groups is 1. The molecule has 1 fully saturated rings. The minimum absolute atomic E-state index is 0.0990. The first-order chi connectivity index (χ1) is 8.48. The third-order valence-corrected chi connectivity index (χ3v) is 4.30. The Balaban J connectivity index is 2.55. The van der Waals surface area contributed by atoms with Crippen molar-refractivity contribution in [3.63, 3.8) is 0 Å². The highest BCUT2D eigenvalue weighted by molar-refractivity contribution is 7.89. The molecule has 0 bridgehead atoms. The lowest BCUT2D eigenvalue weighted by Gasteiger charge is -2.14. The van der Waals surface area contributed by atoms with E-state index >= 15 is 0 Å². The molecule has 1 saturated heterocycles. The SMILES string of the molecule is O=C=C1CN(Cl)C(=O)N1S(=O)(=O)c1ccccc1. The molecule has 0 aromatic heterocycles. The van der Waals surface area contributed by atoms with Gasteiger partial charge in [-0.25, -0.2) is 22.4 Å². The largest absolute Gasteiger partial charge is 0.354 e. The topological polar surface area (TPSA) is 74.8 Å². The first-order valence-electron chi connectivity index (χ1n) is 4.80. The van der Waals surface area contributed by atoms with E-state index in [2.05, 4.69) is 0 Å². The van der Waals surface area contributed by atoms with Crippen molar-refractivity contribution in [3.05, 3.63) is 36.0 Å². The number of rotatable bonds is 2. The molecule has 2 amide bonds. The Kier molecular flexibility index (Phi) is 3.13. The van der Waals surface area contributed by atoms with Crippen LogP contribution in [0, 0.1) is 0 Å². The minimum Gasteiger partial charge on any atom is -0.245 e. The molecule has 1 aliphatic heterocycles. The minimum atomic E-state index is -4.12. The first-order valence-corrected chi connectivity index (χ1v) is 6.58. The molecule has 2 rings (SSSR count). The van der Waals surface area contributed by atoms with E-state index in [1.165, 1.54) is 30.2 Å². The molecule has 0 radical (unpaired) electrons. The Morgan fingerprint density at radius 3 is 2.39 bits per heavy atom. The molecular formula is C10H7ClN2O4S. The Bertz CT molecular complexity index is 637. The average molecular weight is 287 g/mol. The van der Waals surface area contributed by atoms with Gasteiger partial charge < -0.3 is 0 Å². The summed E-state index contributed by atoms with van der Waals surface area (Å²) in [5.41, 5.74) is -0.334. The molecule has 94 valence electrons. The zero-order valence-corrected chi connectivity index (χ0v) is 10.5. The molecule has 0 unspecified atom stereocenters. The van der Waals surface area contributed by atoms with E-state index in [-0.39, 0.29) is 17.1 Å². The fourth-order valence-corrected chi connectivity index (χ4v) is 3.13. The summed E-state index contributed by atoms with van der Waals surface area (Å²) >= 11 is 5.50. The molecule has 6 nitrogen and oxygen atoms in total. The van der Waals surface area contributed by atoms with Gasteiger partial charge in [0.15, 0.2) is 0 Å². The van der Waals surface area contributed by atoms with E-state index in [1.54, 1.807) is 6.07 Å². The molecule has 1 aliphatic rings. The lowest BCUT2D eigenvalue weighted by molar-refractivity contribution is 0.226. The van der Waals surface area contributed by atoms with Gasteiger partial charge in [-0.15, -0.1) is 0 Å². The van der Waals surface area contributed by atoms with Gasteiger partial charge in [0, 0.05) is 11.8 Å². The van der Waals surface area contributed by atoms with Gasteiger partial charge in [0.2, 0.25) is 0 Å². The number of amides is 2. The number of carbonyl (C=O) groups excluding carboxylic acids is 2. The maximum atomic E-state index is 12.2. The van der Waals surface area contributed by atoms with Crippen LogP contribution in [-0.2, 0) is 14.8 Å². The number of sulfonamides is 1. The lowest BCUT2D eigenvalue weighted by Crippen LogP contribution is -2.33. The summed E-state index contributed by atoms with van der Waals surface area (Å²) in [6.45, 7) is -0.296. The summed E-state index contributed by atoms with van der Waals surface area (Å²) < 4.78 is 25.3. The van der Waals surface area contributed by atoms with Crippen LogP contribution in [0.25, 0.3) is 0 Å². The van der Waals surface area contributed by atoms with Crippen LogP contribution in [0.3, 0.4) is 0 Å². The molecule has 18 heavy (non-hydrogen) atoms. The molecular weight excluding hydrogens is 280 g/mol. The Morgan fingerprint density at radius 1 is 1.22 bits per heavy atom. The number of urea groups is 1. The molecule has 0 saturated carbocycles. The van der Waals surface area contributed by atoms with E-state index in [9.17, 15) is 18.0 Å². The maximum absolute atomic E-state index is 12.2. The Morgan fingerprint density at radius 2 is 1.83 bits per heavy atom. The molecule has 0 aliphatic carbocycles. The second-order valence-electron chi connectivity index (χ2n) is 3.43. The van der Waals surface area contributed by atoms with Gasteiger partial charge in [-0.05, 0) is 12.1 Å². The number of hydrogen-bond acceptors (Lipinski definition) is 4. The summed E-state index contributed by atoms with van der Waals surface area (Å²) in [6, 6.07) is 6.31. The maximum Gasteiger partial charge on any atom is 0.354 e. The van der Waals surface area contributed by atoms with Crippen molar-refractivity contribution < 1.29 is 18.0 Å². The highest BCUT2D eigenvalue weighted by Crippen LogP contribution is 2.27. The quantitative estimate of drug-likeness (QED) is 0.600. The smallest absolute Gasteiger partial charge is 0.245 e. The van der Waals surface area contributed by atoms with Crippen molar-refractivity contribution in [2.24, 2.45) is 0 Å². The number of benzene rings is 1. The normalized spacial score (nSPS) is 16.1.